The van der Waals surface area contributed by atoms with E-state index < -0.39 is 0 Å². The van der Waals surface area contributed by atoms with E-state index in [1.807, 2.05) is 30.3 Å². The Kier molecular flexibility index (Phi) is 4.54. The van der Waals surface area contributed by atoms with Crippen LogP contribution < -0.4 is 5.32 Å². The van der Waals surface area contributed by atoms with Crippen molar-refractivity contribution in [3.05, 3.63) is 72.4 Å². The Hall–Kier alpha value is -2.55. The summed E-state index contributed by atoms with van der Waals surface area (Å²) in [6.07, 6.45) is 3.49. The molecule has 0 atom stereocenters. The van der Waals surface area contributed by atoms with Crippen LogP contribution in [0.3, 0.4) is 0 Å². The van der Waals surface area contributed by atoms with Crippen LogP contribution in [-0.2, 0) is 17.8 Å². The van der Waals surface area contributed by atoms with E-state index in [0.29, 0.717) is 13.0 Å². The molecule has 3 heteroatoms. The number of hydrogen-bond donors (Lipinski definition) is 1. The number of benzene rings is 2. The summed E-state index contributed by atoms with van der Waals surface area (Å²) < 4.78 is 2.23. The fourth-order valence-corrected chi connectivity index (χ4v) is 2.66. The molecule has 2 aromatic carbocycles. The summed E-state index contributed by atoms with van der Waals surface area (Å²) in [4.78, 5) is 11.9. The van der Waals surface area contributed by atoms with Gasteiger partial charge in [-0.3, -0.25) is 4.79 Å². The second-order valence-electron chi connectivity index (χ2n) is 5.43. The molecule has 0 unspecified atom stereocenters. The van der Waals surface area contributed by atoms with E-state index in [4.69, 9.17) is 0 Å². The maximum Gasteiger partial charge on any atom is 0.224 e. The highest BCUT2D eigenvalue weighted by Gasteiger charge is 2.03. The van der Waals surface area contributed by atoms with Crippen LogP contribution in [0.1, 0.15) is 12.0 Å². The number of hydrogen-bond acceptors (Lipinski definition) is 1. The van der Waals surface area contributed by atoms with Crippen molar-refractivity contribution in [1.29, 1.82) is 0 Å². The molecule has 3 aromatic rings. The van der Waals surface area contributed by atoms with Crippen molar-refractivity contribution in [1.82, 2.24) is 9.88 Å². The highest BCUT2D eigenvalue weighted by atomic mass is 16.1. The summed E-state index contributed by atoms with van der Waals surface area (Å²) >= 11 is 0. The fourth-order valence-electron chi connectivity index (χ4n) is 2.66. The number of aromatic nitrogens is 1. The number of carbonyl (C=O) groups is 1. The van der Waals surface area contributed by atoms with Crippen molar-refractivity contribution in [2.75, 3.05) is 6.54 Å². The second-order valence-corrected chi connectivity index (χ2v) is 5.43. The monoisotopic (exact) mass is 292 g/mol. The first kappa shape index (κ1) is 14.4. The molecule has 0 aliphatic carbocycles. The van der Waals surface area contributed by atoms with Crippen LogP contribution >= 0.6 is 0 Å². The molecule has 0 fully saturated rings. The molecule has 112 valence electrons. The van der Waals surface area contributed by atoms with Gasteiger partial charge in [0.2, 0.25) is 5.91 Å². The number of amides is 1. The molecule has 1 heterocycles. The Bertz CT molecular complexity index is 746. The Morgan fingerprint density at radius 3 is 2.59 bits per heavy atom. The number of nitrogens with zero attached hydrogens (tertiary/aromatic N) is 1. The Balaban J connectivity index is 1.45. The van der Waals surface area contributed by atoms with Gasteiger partial charge in [0, 0.05) is 24.8 Å². The van der Waals surface area contributed by atoms with Gasteiger partial charge in [0.15, 0.2) is 0 Å². The van der Waals surface area contributed by atoms with E-state index in [1.165, 1.54) is 10.9 Å². The van der Waals surface area contributed by atoms with Gasteiger partial charge in [-0.25, -0.2) is 0 Å². The number of fused-ring (bicyclic) bond motifs is 1. The number of aryl methyl sites for hydroxylation is 1. The van der Waals surface area contributed by atoms with Crippen LogP contribution in [0.2, 0.25) is 0 Å². The zero-order valence-corrected chi connectivity index (χ0v) is 12.5. The smallest absolute Gasteiger partial charge is 0.224 e. The third-order valence-corrected chi connectivity index (χ3v) is 3.79. The Morgan fingerprint density at radius 1 is 0.955 bits per heavy atom. The predicted octanol–water partition coefficient (Wildman–Crippen LogP) is 3.39. The van der Waals surface area contributed by atoms with Gasteiger partial charge in [0.1, 0.15) is 0 Å². The van der Waals surface area contributed by atoms with E-state index in [1.54, 1.807) is 0 Å². The number of rotatable bonds is 6. The third kappa shape index (κ3) is 3.55. The molecule has 0 saturated heterocycles. The first-order valence-electron chi connectivity index (χ1n) is 7.67. The van der Waals surface area contributed by atoms with Gasteiger partial charge in [-0.05, 0) is 29.5 Å². The lowest BCUT2D eigenvalue weighted by Gasteiger charge is -2.07. The molecule has 1 amide bonds. The summed E-state index contributed by atoms with van der Waals surface area (Å²) in [6, 6.07) is 20.3. The highest BCUT2D eigenvalue weighted by Crippen LogP contribution is 2.15. The van der Waals surface area contributed by atoms with E-state index in [-0.39, 0.29) is 5.91 Å². The standard InChI is InChI=1S/C19H20N2O/c22-19(15-16-7-2-1-3-8-16)20-12-6-13-21-14-11-17-9-4-5-10-18(17)21/h1-5,7-11,14H,6,12-13,15H2,(H,20,22). The molecule has 0 aliphatic heterocycles. The van der Waals surface area contributed by atoms with Crippen LogP contribution in [0.5, 0.6) is 0 Å². The van der Waals surface area contributed by atoms with Crippen molar-refractivity contribution in [2.45, 2.75) is 19.4 Å². The van der Waals surface area contributed by atoms with Crippen LogP contribution in [-0.4, -0.2) is 17.0 Å². The lowest BCUT2D eigenvalue weighted by molar-refractivity contribution is -0.120. The van der Waals surface area contributed by atoms with E-state index >= 15 is 0 Å². The molecular weight excluding hydrogens is 272 g/mol. The molecule has 0 saturated carbocycles. The highest BCUT2D eigenvalue weighted by molar-refractivity contribution is 5.80. The normalized spacial score (nSPS) is 10.7. The minimum Gasteiger partial charge on any atom is -0.356 e. The topological polar surface area (TPSA) is 34.0 Å². The molecule has 1 N–H and O–H groups in total. The Labute approximate surface area is 130 Å². The molecule has 3 rings (SSSR count). The van der Waals surface area contributed by atoms with Crippen molar-refractivity contribution >= 4 is 16.8 Å². The van der Waals surface area contributed by atoms with Gasteiger partial charge in [-0.1, -0.05) is 48.5 Å². The molecule has 22 heavy (non-hydrogen) atoms. The molecule has 0 aliphatic rings. The molecule has 3 nitrogen and oxygen atoms in total. The molecule has 0 spiro atoms. The summed E-state index contributed by atoms with van der Waals surface area (Å²) in [5.74, 6) is 0.0866. The van der Waals surface area contributed by atoms with Gasteiger partial charge < -0.3 is 9.88 Å². The molecule has 1 aromatic heterocycles. The van der Waals surface area contributed by atoms with Gasteiger partial charge in [-0.2, -0.15) is 0 Å². The first-order chi connectivity index (χ1) is 10.8. The van der Waals surface area contributed by atoms with Crippen LogP contribution in [0, 0.1) is 0 Å². The predicted molar refractivity (Wildman–Crippen MR) is 89.7 cm³/mol. The van der Waals surface area contributed by atoms with Crippen molar-refractivity contribution in [3.63, 3.8) is 0 Å². The van der Waals surface area contributed by atoms with Crippen molar-refractivity contribution < 1.29 is 4.79 Å². The summed E-state index contributed by atoms with van der Waals surface area (Å²) in [5.41, 5.74) is 2.30. The SMILES string of the molecule is O=C(Cc1ccccc1)NCCCn1ccc2ccccc21. The minimum atomic E-state index is 0.0866. The molecule has 0 radical (unpaired) electrons. The van der Waals surface area contributed by atoms with Crippen LogP contribution in [0.25, 0.3) is 10.9 Å². The van der Waals surface area contributed by atoms with E-state index in [2.05, 4.69) is 46.4 Å². The van der Waals surface area contributed by atoms with E-state index in [0.717, 1.165) is 18.5 Å². The average Bonchev–Trinajstić information content (AvgIpc) is 2.96. The average molecular weight is 292 g/mol. The third-order valence-electron chi connectivity index (χ3n) is 3.79. The maximum absolute atomic E-state index is 11.9. The molecular formula is C19H20N2O. The van der Waals surface area contributed by atoms with E-state index in [9.17, 15) is 4.79 Å². The maximum atomic E-state index is 11.9. The van der Waals surface area contributed by atoms with Crippen molar-refractivity contribution in [2.24, 2.45) is 0 Å². The summed E-state index contributed by atoms with van der Waals surface area (Å²) in [5, 5.41) is 4.25. The van der Waals surface area contributed by atoms with Crippen LogP contribution in [0.15, 0.2) is 66.9 Å². The zero-order valence-electron chi connectivity index (χ0n) is 12.5. The quantitative estimate of drug-likeness (QED) is 0.694. The molecule has 0 bridgehead atoms. The zero-order chi connectivity index (χ0) is 15.2. The minimum absolute atomic E-state index is 0.0866. The lowest BCUT2D eigenvalue weighted by atomic mass is 10.1. The summed E-state index contributed by atoms with van der Waals surface area (Å²) in [7, 11) is 0. The van der Waals surface area contributed by atoms with Crippen molar-refractivity contribution in [3.8, 4) is 0 Å². The fraction of sp³-hybridized carbons (Fsp3) is 0.211. The van der Waals surface area contributed by atoms with Gasteiger partial charge >= 0.3 is 0 Å². The number of carbonyl (C=O) groups excluding carboxylic acids is 1. The summed E-state index contributed by atoms with van der Waals surface area (Å²) in [6.45, 7) is 1.62. The second kappa shape index (κ2) is 6.94. The Morgan fingerprint density at radius 2 is 1.73 bits per heavy atom. The van der Waals surface area contributed by atoms with Gasteiger partial charge in [0.05, 0.1) is 6.42 Å². The van der Waals surface area contributed by atoms with Gasteiger partial charge in [0.25, 0.3) is 0 Å². The first-order valence-corrected chi connectivity index (χ1v) is 7.67. The largest absolute Gasteiger partial charge is 0.356 e. The van der Waals surface area contributed by atoms with Crippen LogP contribution in [0.4, 0.5) is 0 Å². The number of para-hydroxylation sites is 1. The number of nitrogens with one attached hydrogen (secondary N) is 1. The lowest BCUT2D eigenvalue weighted by Crippen LogP contribution is -2.26. The van der Waals surface area contributed by atoms with Gasteiger partial charge in [-0.15, -0.1) is 0 Å².